The lowest BCUT2D eigenvalue weighted by atomic mass is 10.3. The molecule has 0 saturated heterocycles. The summed E-state index contributed by atoms with van der Waals surface area (Å²) in [5.74, 6) is 1.54. The van der Waals surface area contributed by atoms with E-state index in [9.17, 15) is 0 Å². The van der Waals surface area contributed by atoms with Crippen LogP contribution in [0.25, 0.3) is 0 Å². The van der Waals surface area contributed by atoms with Gasteiger partial charge < -0.3 is 14.9 Å². The Kier molecular flexibility index (Phi) is 3.63. The van der Waals surface area contributed by atoms with Crippen LogP contribution >= 0.6 is 0 Å². The van der Waals surface area contributed by atoms with Crippen molar-refractivity contribution in [1.29, 1.82) is 0 Å². The number of hydrogen-bond donors (Lipinski definition) is 1. The van der Waals surface area contributed by atoms with Gasteiger partial charge in [0.1, 0.15) is 11.5 Å². The summed E-state index contributed by atoms with van der Waals surface area (Å²) in [4.78, 5) is 0. The molecule has 1 rings (SSSR count). The highest BCUT2D eigenvalue weighted by atomic mass is 28.4. The van der Waals surface area contributed by atoms with E-state index in [-0.39, 0.29) is 0 Å². The largest absolute Gasteiger partial charge is 0.544 e. The number of rotatable bonds is 4. The minimum Gasteiger partial charge on any atom is -0.544 e. The van der Waals surface area contributed by atoms with Crippen molar-refractivity contribution in [3.63, 3.8) is 0 Å². The Morgan fingerprint density at radius 2 is 1.93 bits per heavy atom. The summed E-state index contributed by atoms with van der Waals surface area (Å²) in [6.45, 7) is 8.98. The van der Waals surface area contributed by atoms with Crippen LogP contribution in [0, 0.1) is 0 Å². The summed E-state index contributed by atoms with van der Waals surface area (Å²) >= 11 is 0. The van der Waals surface area contributed by atoms with Crippen LogP contribution in [0.2, 0.25) is 19.6 Å². The van der Waals surface area contributed by atoms with Gasteiger partial charge in [-0.15, -0.1) is 0 Å². The summed E-state index contributed by atoms with van der Waals surface area (Å²) in [6, 6.07) is 5.56. The smallest absolute Gasteiger partial charge is 0.242 e. The molecule has 0 aliphatic heterocycles. The minimum atomic E-state index is -1.56. The van der Waals surface area contributed by atoms with Crippen LogP contribution in [0.5, 0.6) is 11.5 Å². The Morgan fingerprint density at radius 3 is 2.47 bits per heavy atom. The second-order valence-electron chi connectivity index (χ2n) is 4.35. The summed E-state index contributed by atoms with van der Waals surface area (Å²) < 4.78 is 11.2. The van der Waals surface area contributed by atoms with Gasteiger partial charge in [0.15, 0.2) is 0 Å². The van der Waals surface area contributed by atoms with Crippen LogP contribution in [0.1, 0.15) is 6.92 Å². The van der Waals surface area contributed by atoms with Crippen LogP contribution in [-0.4, -0.2) is 14.9 Å². The Hall–Kier alpha value is -1.16. The van der Waals surface area contributed by atoms with Crippen molar-refractivity contribution in [2.24, 2.45) is 0 Å². The van der Waals surface area contributed by atoms with Crippen molar-refractivity contribution in [2.45, 2.75) is 26.6 Å². The minimum absolute atomic E-state index is 0.612. The summed E-state index contributed by atoms with van der Waals surface area (Å²) in [7, 11) is -1.56. The Balaban J connectivity index is 2.87. The lowest BCUT2D eigenvalue weighted by molar-refractivity contribution is 0.341. The fourth-order valence-electron chi connectivity index (χ4n) is 1.21. The van der Waals surface area contributed by atoms with E-state index in [2.05, 4.69) is 19.6 Å². The fourth-order valence-corrected chi connectivity index (χ4v) is 2.05. The van der Waals surface area contributed by atoms with Gasteiger partial charge in [0.2, 0.25) is 8.32 Å². The molecule has 4 heteroatoms. The van der Waals surface area contributed by atoms with E-state index in [4.69, 9.17) is 14.9 Å². The number of anilines is 1. The molecule has 0 radical (unpaired) electrons. The van der Waals surface area contributed by atoms with Crippen LogP contribution in [0.15, 0.2) is 18.2 Å². The second kappa shape index (κ2) is 4.57. The third-order valence-corrected chi connectivity index (χ3v) is 2.56. The van der Waals surface area contributed by atoms with Crippen molar-refractivity contribution >= 4 is 14.0 Å². The molecule has 0 bridgehead atoms. The van der Waals surface area contributed by atoms with Crippen molar-refractivity contribution in [1.82, 2.24) is 0 Å². The van der Waals surface area contributed by atoms with E-state index in [1.165, 1.54) is 0 Å². The van der Waals surface area contributed by atoms with Crippen molar-refractivity contribution in [3.05, 3.63) is 18.2 Å². The number of ether oxygens (including phenoxy) is 1. The van der Waals surface area contributed by atoms with Gasteiger partial charge >= 0.3 is 0 Å². The van der Waals surface area contributed by atoms with Gasteiger partial charge in [0, 0.05) is 6.07 Å². The molecule has 1 aromatic rings. The Morgan fingerprint density at radius 1 is 1.27 bits per heavy atom. The molecule has 0 aliphatic carbocycles. The van der Waals surface area contributed by atoms with Gasteiger partial charge in [-0.05, 0) is 38.7 Å². The first-order valence-corrected chi connectivity index (χ1v) is 8.54. The predicted octanol–water partition coefficient (Wildman–Crippen LogP) is 2.88. The lowest BCUT2D eigenvalue weighted by Crippen LogP contribution is -2.29. The topological polar surface area (TPSA) is 44.5 Å². The van der Waals surface area contributed by atoms with Crippen molar-refractivity contribution < 1.29 is 9.16 Å². The zero-order valence-electron chi connectivity index (χ0n) is 9.83. The Labute approximate surface area is 92.3 Å². The molecule has 0 atom stereocenters. The van der Waals surface area contributed by atoms with Crippen LogP contribution in [-0.2, 0) is 0 Å². The molecule has 0 saturated carbocycles. The first-order valence-electron chi connectivity index (χ1n) is 5.13. The maximum absolute atomic E-state index is 5.85. The van der Waals surface area contributed by atoms with E-state index < -0.39 is 8.32 Å². The maximum atomic E-state index is 5.85. The molecule has 2 N–H and O–H groups in total. The van der Waals surface area contributed by atoms with Gasteiger partial charge in [0.05, 0.1) is 12.3 Å². The molecule has 0 spiro atoms. The molecule has 0 aromatic heterocycles. The molecule has 84 valence electrons. The third-order valence-electron chi connectivity index (χ3n) is 1.71. The number of benzene rings is 1. The highest BCUT2D eigenvalue weighted by Crippen LogP contribution is 2.28. The van der Waals surface area contributed by atoms with E-state index in [0.717, 1.165) is 5.75 Å². The van der Waals surface area contributed by atoms with Gasteiger partial charge in [-0.3, -0.25) is 0 Å². The number of nitrogens with two attached hydrogens (primary N) is 1. The maximum Gasteiger partial charge on any atom is 0.242 e. The lowest BCUT2D eigenvalue weighted by Gasteiger charge is -2.20. The van der Waals surface area contributed by atoms with Gasteiger partial charge in [-0.25, -0.2) is 0 Å². The van der Waals surface area contributed by atoms with Crippen molar-refractivity contribution in [3.8, 4) is 11.5 Å². The van der Waals surface area contributed by atoms with Crippen molar-refractivity contribution in [2.75, 3.05) is 12.3 Å². The molecular formula is C11H19NO2Si. The summed E-state index contributed by atoms with van der Waals surface area (Å²) in [6.07, 6.45) is 0. The molecule has 0 heterocycles. The number of hydrogen-bond acceptors (Lipinski definition) is 3. The quantitative estimate of drug-likeness (QED) is 0.633. The zero-order chi connectivity index (χ0) is 11.5. The average molecular weight is 225 g/mol. The molecule has 1 aromatic carbocycles. The molecule has 0 amide bonds. The fraction of sp³-hybridized carbons (Fsp3) is 0.455. The zero-order valence-corrected chi connectivity index (χ0v) is 10.8. The third kappa shape index (κ3) is 3.83. The first-order chi connectivity index (χ1) is 6.92. The molecule has 15 heavy (non-hydrogen) atoms. The predicted molar refractivity (Wildman–Crippen MR) is 66.0 cm³/mol. The molecule has 0 unspecified atom stereocenters. The normalized spacial score (nSPS) is 11.2. The molecular weight excluding hydrogens is 206 g/mol. The average Bonchev–Trinajstić information content (AvgIpc) is 2.09. The van der Waals surface area contributed by atoms with E-state index in [0.29, 0.717) is 18.0 Å². The Bertz CT molecular complexity index is 334. The second-order valence-corrected chi connectivity index (χ2v) is 8.78. The van der Waals surface area contributed by atoms with Gasteiger partial charge in [-0.1, -0.05) is 0 Å². The highest BCUT2D eigenvalue weighted by Gasteiger charge is 2.16. The summed E-state index contributed by atoms with van der Waals surface area (Å²) in [5.41, 5.74) is 6.42. The van der Waals surface area contributed by atoms with Gasteiger partial charge in [-0.2, -0.15) is 0 Å². The standard InChI is InChI=1S/C11H19NO2Si/c1-5-13-11-8-9(6-7-10(11)12)14-15(2,3)4/h6-8H,5,12H2,1-4H3. The van der Waals surface area contributed by atoms with E-state index in [1.807, 2.05) is 25.1 Å². The molecule has 0 aliphatic rings. The van der Waals surface area contributed by atoms with E-state index >= 15 is 0 Å². The first kappa shape index (κ1) is 11.9. The summed E-state index contributed by atoms with van der Waals surface area (Å²) in [5, 5.41) is 0. The SMILES string of the molecule is CCOc1cc(O[Si](C)(C)C)ccc1N. The molecule has 0 fully saturated rings. The molecule has 3 nitrogen and oxygen atoms in total. The highest BCUT2D eigenvalue weighted by molar-refractivity contribution is 6.70. The monoisotopic (exact) mass is 225 g/mol. The van der Waals surface area contributed by atoms with Crippen LogP contribution in [0.4, 0.5) is 5.69 Å². The number of nitrogen functional groups attached to an aromatic ring is 1. The van der Waals surface area contributed by atoms with Crippen LogP contribution < -0.4 is 14.9 Å². The van der Waals surface area contributed by atoms with Crippen LogP contribution in [0.3, 0.4) is 0 Å². The van der Waals surface area contributed by atoms with Gasteiger partial charge in [0.25, 0.3) is 0 Å². The van der Waals surface area contributed by atoms with E-state index in [1.54, 1.807) is 0 Å².